The van der Waals surface area contributed by atoms with Gasteiger partial charge in [0.2, 0.25) is 0 Å². The molecule has 0 amide bonds. The molecule has 0 aliphatic carbocycles. The minimum atomic E-state index is -0.545. The van der Waals surface area contributed by atoms with Gasteiger partial charge in [0.25, 0.3) is 0 Å². The molecule has 0 heterocycles. The van der Waals surface area contributed by atoms with Gasteiger partial charge < -0.3 is 10.5 Å². The van der Waals surface area contributed by atoms with E-state index in [0.29, 0.717) is 12.0 Å². The van der Waals surface area contributed by atoms with Gasteiger partial charge in [0.15, 0.2) is 11.6 Å². The van der Waals surface area contributed by atoms with Crippen molar-refractivity contribution in [3.8, 4) is 5.75 Å². The zero-order valence-electron chi connectivity index (χ0n) is 10.6. The molecule has 19 heavy (non-hydrogen) atoms. The van der Waals surface area contributed by atoms with E-state index in [0.717, 1.165) is 5.56 Å². The Morgan fingerprint density at radius 1 is 1.16 bits per heavy atom. The first-order chi connectivity index (χ1) is 9.11. The van der Waals surface area contributed by atoms with E-state index in [1.807, 2.05) is 0 Å². The van der Waals surface area contributed by atoms with Crippen molar-refractivity contribution in [3.05, 3.63) is 65.2 Å². The van der Waals surface area contributed by atoms with Crippen molar-refractivity contribution in [2.45, 2.75) is 12.5 Å². The third kappa shape index (κ3) is 3.09. The maximum Gasteiger partial charge on any atom is 0.169 e. The summed E-state index contributed by atoms with van der Waals surface area (Å²) in [5, 5.41) is 0. The lowest BCUT2D eigenvalue weighted by atomic mass is 9.99. The molecular weight excluding hydrogens is 248 g/mol. The lowest BCUT2D eigenvalue weighted by molar-refractivity contribution is 0.382. The fourth-order valence-corrected chi connectivity index (χ4v) is 2.00. The number of ether oxygens (including phenoxy) is 1. The topological polar surface area (TPSA) is 35.2 Å². The number of nitrogens with two attached hydrogens (primary N) is 1. The first-order valence-electron chi connectivity index (χ1n) is 5.94. The average molecular weight is 263 g/mol. The first-order valence-corrected chi connectivity index (χ1v) is 5.94. The van der Waals surface area contributed by atoms with Crippen LogP contribution in [0, 0.1) is 11.6 Å². The molecule has 2 nitrogen and oxygen atoms in total. The van der Waals surface area contributed by atoms with Gasteiger partial charge in [0.05, 0.1) is 7.11 Å². The smallest absolute Gasteiger partial charge is 0.169 e. The molecule has 0 saturated carbocycles. The fraction of sp³-hybridized carbons (Fsp3) is 0.200. The maximum absolute atomic E-state index is 14.0. The summed E-state index contributed by atoms with van der Waals surface area (Å²) in [4.78, 5) is 0. The van der Waals surface area contributed by atoms with Crippen LogP contribution in [0.4, 0.5) is 8.78 Å². The molecule has 2 rings (SSSR count). The van der Waals surface area contributed by atoms with Gasteiger partial charge in [0.1, 0.15) is 5.82 Å². The van der Waals surface area contributed by atoms with Crippen molar-refractivity contribution in [2.24, 2.45) is 5.73 Å². The molecule has 0 spiro atoms. The summed E-state index contributed by atoms with van der Waals surface area (Å²) in [6, 6.07) is 10.4. The average Bonchev–Trinajstić information content (AvgIpc) is 2.39. The monoisotopic (exact) mass is 263 g/mol. The maximum atomic E-state index is 14.0. The van der Waals surface area contributed by atoms with Gasteiger partial charge >= 0.3 is 0 Å². The van der Waals surface area contributed by atoms with Gasteiger partial charge in [-0.25, -0.2) is 8.78 Å². The molecule has 1 atom stereocenters. The van der Waals surface area contributed by atoms with Gasteiger partial charge in [-0.05, 0) is 30.2 Å². The van der Waals surface area contributed by atoms with Crippen LogP contribution in [0.5, 0.6) is 5.75 Å². The third-order valence-corrected chi connectivity index (χ3v) is 2.96. The molecule has 0 aliphatic heterocycles. The van der Waals surface area contributed by atoms with E-state index in [2.05, 4.69) is 0 Å². The molecular formula is C15H15F2NO. The van der Waals surface area contributed by atoms with Crippen LogP contribution in [0.3, 0.4) is 0 Å². The Hall–Kier alpha value is -1.94. The normalized spacial score (nSPS) is 12.2. The molecule has 2 aromatic carbocycles. The predicted molar refractivity (Wildman–Crippen MR) is 70.0 cm³/mol. The summed E-state index contributed by atoms with van der Waals surface area (Å²) in [5.74, 6) is -0.628. The van der Waals surface area contributed by atoms with E-state index in [9.17, 15) is 8.78 Å². The Labute approximate surface area is 110 Å². The zero-order valence-corrected chi connectivity index (χ0v) is 10.6. The van der Waals surface area contributed by atoms with Crippen LogP contribution >= 0.6 is 0 Å². The zero-order chi connectivity index (χ0) is 13.8. The summed E-state index contributed by atoms with van der Waals surface area (Å²) >= 11 is 0. The number of halogens is 2. The number of rotatable bonds is 4. The second kappa shape index (κ2) is 5.80. The van der Waals surface area contributed by atoms with Crippen molar-refractivity contribution in [1.29, 1.82) is 0 Å². The van der Waals surface area contributed by atoms with Crippen LogP contribution < -0.4 is 10.5 Å². The van der Waals surface area contributed by atoms with Crippen molar-refractivity contribution >= 4 is 0 Å². The van der Waals surface area contributed by atoms with E-state index in [-0.39, 0.29) is 11.6 Å². The highest BCUT2D eigenvalue weighted by Crippen LogP contribution is 2.25. The third-order valence-electron chi connectivity index (χ3n) is 2.96. The molecule has 0 bridgehead atoms. The van der Waals surface area contributed by atoms with Crippen molar-refractivity contribution in [1.82, 2.24) is 0 Å². The summed E-state index contributed by atoms with van der Waals surface area (Å²) in [6.07, 6.45) is 0.363. The highest BCUT2D eigenvalue weighted by molar-refractivity contribution is 5.34. The minimum Gasteiger partial charge on any atom is -0.494 e. The highest BCUT2D eigenvalue weighted by Gasteiger charge is 2.15. The lowest BCUT2D eigenvalue weighted by Crippen LogP contribution is -2.15. The molecule has 0 aromatic heterocycles. The number of benzene rings is 2. The molecule has 100 valence electrons. The Kier molecular flexibility index (Phi) is 4.12. The summed E-state index contributed by atoms with van der Waals surface area (Å²) in [7, 11) is 1.40. The van der Waals surface area contributed by atoms with Crippen LogP contribution in [0.25, 0.3) is 0 Å². The molecule has 1 unspecified atom stereocenters. The Balaban J connectivity index is 2.23. The largest absolute Gasteiger partial charge is 0.494 e. The van der Waals surface area contributed by atoms with E-state index in [4.69, 9.17) is 10.5 Å². The molecule has 2 N–H and O–H groups in total. The quantitative estimate of drug-likeness (QED) is 0.919. The van der Waals surface area contributed by atoms with Gasteiger partial charge in [-0.1, -0.05) is 24.3 Å². The van der Waals surface area contributed by atoms with E-state index >= 15 is 0 Å². The summed E-state index contributed by atoms with van der Waals surface area (Å²) < 4.78 is 32.0. The van der Waals surface area contributed by atoms with Crippen molar-refractivity contribution in [3.63, 3.8) is 0 Å². The molecule has 0 saturated heterocycles. The Bertz CT molecular complexity index is 572. The second-order valence-electron chi connectivity index (χ2n) is 4.30. The van der Waals surface area contributed by atoms with Crippen LogP contribution in [-0.4, -0.2) is 7.11 Å². The molecule has 2 aromatic rings. The number of hydrogen-bond acceptors (Lipinski definition) is 2. The second-order valence-corrected chi connectivity index (χ2v) is 4.30. The minimum absolute atomic E-state index is 0.159. The van der Waals surface area contributed by atoms with E-state index in [1.165, 1.54) is 25.3 Å². The van der Waals surface area contributed by atoms with Gasteiger partial charge in [0, 0.05) is 11.6 Å². The Morgan fingerprint density at radius 3 is 2.58 bits per heavy atom. The van der Waals surface area contributed by atoms with Crippen LogP contribution in [0.2, 0.25) is 0 Å². The summed E-state index contributed by atoms with van der Waals surface area (Å²) in [6.45, 7) is 0. The SMILES string of the molecule is COc1cccc(C(N)Cc2cccc(F)c2)c1F. The molecule has 4 heteroatoms. The molecule has 0 radical (unpaired) electrons. The van der Waals surface area contributed by atoms with Crippen LogP contribution in [-0.2, 0) is 6.42 Å². The number of methoxy groups -OCH3 is 1. The lowest BCUT2D eigenvalue weighted by Gasteiger charge is -2.14. The van der Waals surface area contributed by atoms with E-state index in [1.54, 1.807) is 24.3 Å². The van der Waals surface area contributed by atoms with Gasteiger partial charge in [-0.15, -0.1) is 0 Å². The van der Waals surface area contributed by atoms with Crippen LogP contribution in [0.15, 0.2) is 42.5 Å². The standard InChI is InChI=1S/C15H15F2NO/c1-19-14-7-3-6-12(15(14)17)13(18)9-10-4-2-5-11(16)8-10/h2-8,13H,9,18H2,1H3. The van der Waals surface area contributed by atoms with Crippen LogP contribution in [0.1, 0.15) is 17.2 Å². The van der Waals surface area contributed by atoms with E-state index < -0.39 is 11.9 Å². The van der Waals surface area contributed by atoms with Gasteiger partial charge in [-0.2, -0.15) is 0 Å². The van der Waals surface area contributed by atoms with Crippen molar-refractivity contribution in [2.75, 3.05) is 7.11 Å². The highest BCUT2D eigenvalue weighted by atomic mass is 19.1. The van der Waals surface area contributed by atoms with Gasteiger partial charge in [-0.3, -0.25) is 0 Å². The molecule has 0 aliphatic rings. The Morgan fingerprint density at radius 2 is 1.89 bits per heavy atom. The summed E-state index contributed by atoms with van der Waals surface area (Å²) in [5.41, 5.74) is 7.08. The first kappa shape index (κ1) is 13.5. The predicted octanol–water partition coefficient (Wildman–Crippen LogP) is 3.22. The number of hydrogen-bond donors (Lipinski definition) is 1. The van der Waals surface area contributed by atoms with Crippen molar-refractivity contribution < 1.29 is 13.5 Å². The fourth-order valence-electron chi connectivity index (χ4n) is 2.00. The molecule has 0 fully saturated rings.